The molecule has 2 amide bonds. The van der Waals surface area contributed by atoms with Crippen molar-refractivity contribution in [2.75, 3.05) is 33.1 Å². The van der Waals surface area contributed by atoms with Crippen molar-refractivity contribution in [3.63, 3.8) is 0 Å². The molecule has 0 spiro atoms. The molecule has 1 N–H and O–H groups in total. The highest BCUT2D eigenvalue weighted by molar-refractivity contribution is 6.01. The van der Waals surface area contributed by atoms with Gasteiger partial charge in [0.15, 0.2) is 6.61 Å². The molecule has 0 unspecified atom stereocenters. The molecule has 0 saturated heterocycles. The summed E-state index contributed by atoms with van der Waals surface area (Å²) in [6, 6.07) is 14.2. The van der Waals surface area contributed by atoms with Crippen molar-refractivity contribution in [3.05, 3.63) is 60.2 Å². The normalized spacial score (nSPS) is 10.4. The van der Waals surface area contributed by atoms with Gasteiger partial charge in [0.2, 0.25) is 5.91 Å². The van der Waals surface area contributed by atoms with Crippen molar-refractivity contribution in [3.8, 4) is 11.5 Å². The van der Waals surface area contributed by atoms with Crippen LogP contribution in [0.15, 0.2) is 54.6 Å². The van der Waals surface area contributed by atoms with Gasteiger partial charge in [0.05, 0.1) is 7.11 Å². The van der Waals surface area contributed by atoms with Gasteiger partial charge in [-0.25, -0.2) is 0 Å². The molecule has 0 aliphatic carbocycles. The number of ether oxygens (including phenoxy) is 2. The van der Waals surface area contributed by atoms with E-state index in [9.17, 15) is 9.59 Å². The van der Waals surface area contributed by atoms with Gasteiger partial charge >= 0.3 is 0 Å². The van der Waals surface area contributed by atoms with Crippen molar-refractivity contribution >= 4 is 23.6 Å². The molecular formula is C20H22N2O4. The number of hydrogen-bond donors (Lipinski definition) is 1. The molecule has 2 aromatic carbocycles. The van der Waals surface area contributed by atoms with E-state index >= 15 is 0 Å². The Labute approximate surface area is 153 Å². The van der Waals surface area contributed by atoms with Gasteiger partial charge in [0.25, 0.3) is 5.91 Å². The van der Waals surface area contributed by atoms with E-state index < -0.39 is 0 Å². The quantitative estimate of drug-likeness (QED) is 0.777. The van der Waals surface area contributed by atoms with Crippen LogP contribution in [0.25, 0.3) is 6.08 Å². The maximum Gasteiger partial charge on any atom is 0.259 e. The first kappa shape index (κ1) is 19.1. The summed E-state index contributed by atoms with van der Waals surface area (Å²) >= 11 is 0. The fourth-order valence-corrected chi connectivity index (χ4v) is 2.01. The zero-order valence-electron chi connectivity index (χ0n) is 15.1. The molecule has 0 fully saturated rings. The van der Waals surface area contributed by atoms with Crippen LogP contribution in [0.3, 0.4) is 0 Å². The zero-order valence-corrected chi connectivity index (χ0v) is 15.1. The van der Waals surface area contributed by atoms with Gasteiger partial charge in [-0.05, 0) is 48.0 Å². The summed E-state index contributed by atoms with van der Waals surface area (Å²) in [5.74, 6) is 0.926. The predicted octanol–water partition coefficient (Wildman–Crippen LogP) is 2.81. The summed E-state index contributed by atoms with van der Waals surface area (Å²) in [6.45, 7) is -0.0258. The maximum absolute atomic E-state index is 12.0. The fourth-order valence-electron chi connectivity index (χ4n) is 2.01. The number of carbonyl (C=O) groups is 2. The molecule has 0 saturated carbocycles. The van der Waals surface area contributed by atoms with Crippen LogP contribution in [0.1, 0.15) is 5.56 Å². The summed E-state index contributed by atoms with van der Waals surface area (Å²) in [5, 5.41) is 2.76. The minimum Gasteiger partial charge on any atom is -0.497 e. The second-order valence-corrected chi connectivity index (χ2v) is 5.70. The number of hydrogen-bond acceptors (Lipinski definition) is 4. The lowest BCUT2D eigenvalue weighted by atomic mass is 10.2. The molecular weight excluding hydrogens is 332 g/mol. The highest BCUT2D eigenvalue weighted by Crippen LogP contribution is 2.16. The number of amides is 2. The molecule has 0 aromatic heterocycles. The van der Waals surface area contributed by atoms with E-state index in [-0.39, 0.29) is 18.4 Å². The Kier molecular flexibility index (Phi) is 6.79. The van der Waals surface area contributed by atoms with Crippen LogP contribution in [0.4, 0.5) is 5.69 Å². The number of anilines is 1. The first-order valence-corrected chi connectivity index (χ1v) is 8.04. The highest BCUT2D eigenvalue weighted by atomic mass is 16.5. The summed E-state index contributed by atoms with van der Waals surface area (Å²) in [7, 11) is 4.94. The summed E-state index contributed by atoms with van der Waals surface area (Å²) < 4.78 is 10.5. The Morgan fingerprint density at radius 3 is 2.46 bits per heavy atom. The van der Waals surface area contributed by atoms with Gasteiger partial charge in [-0.15, -0.1) is 0 Å². The Hall–Kier alpha value is -3.28. The fraction of sp³-hybridized carbons (Fsp3) is 0.200. The van der Waals surface area contributed by atoms with Crippen molar-refractivity contribution in [2.45, 2.75) is 0 Å². The van der Waals surface area contributed by atoms with Crippen LogP contribution in [-0.2, 0) is 9.59 Å². The Bertz CT molecular complexity index is 783. The number of benzene rings is 2. The highest BCUT2D eigenvalue weighted by Gasteiger charge is 2.05. The number of nitrogens with zero attached hydrogens (tertiary/aromatic N) is 1. The number of nitrogens with one attached hydrogen (secondary N) is 1. The third-order valence-electron chi connectivity index (χ3n) is 3.50. The first-order valence-electron chi connectivity index (χ1n) is 8.04. The molecule has 0 atom stereocenters. The lowest BCUT2D eigenvalue weighted by Crippen LogP contribution is -2.27. The second kappa shape index (κ2) is 9.27. The van der Waals surface area contributed by atoms with E-state index in [0.29, 0.717) is 11.4 Å². The molecule has 26 heavy (non-hydrogen) atoms. The first-order chi connectivity index (χ1) is 12.5. The third kappa shape index (κ3) is 5.98. The predicted molar refractivity (Wildman–Crippen MR) is 101 cm³/mol. The van der Waals surface area contributed by atoms with Gasteiger partial charge in [-0.3, -0.25) is 9.59 Å². The number of likely N-dealkylation sites (N-methyl/N-ethyl adjacent to an activating group) is 1. The lowest BCUT2D eigenvalue weighted by molar-refractivity contribution is -0.130. The van der Waals surface area contributed by atoms with E-state index in [1.807, 2.05) is 24.3 Å². The Balaban J connectivity index is 1.88. The molecule has 0 aliphatic rings. The Morgan fingerprint density at radius 2 is 1.81 bits per heavy atom. The van der Waals surface area contributed by atoms with Gasteiger partial charge in [0.1, 0.15) is 11.5 Å². The van der Waals surface area contributed by atoms with Crippen LogP contribution in [0.2, 0.25) is 0 Å². The molecule has 0 heterocycles. The molecule has 6 nitrogen and oxygen atoms in total. The standard InChI is InChI=1S/C20H22N2O4/c1-22(2)20(24)14-26-17-10-8-16(9-11-17)21-19(23)12-7-15-5-4-6-18(13-15)25-3/h4-13H,14H2,1-3H3,(H,21,23)/b12-7+. The number of rotatable bonds is 7. The van der Waals surface area contributed by atoms with Crippen molar-refractivity contribution in [1.82, 2.24) is 4.90 Å². The van der Waals surface area contributed by atoms with Crippen LogP contribution < -0.4 is 14.8 Å². The van der Waals surface area contributed by atoms with Gasteiger partial charge in [0, 0.05) is 25.9 Å². The zero-order chi connectivity index (χ0) is 18.9. The van der Waals surface area contributed by atoms with E-state index in [4.69, 9.17) is 9.47 Å². The monoisotopic (exact) mass is 354 g/mol. The molecule has 2 rings (SSSR count). The molecule has 0 aliphatic heterocycles. The summed E-state index contributed by atoms with van der Waals surface area (Å²) in [5.41, 5.74) is 1.50. The Morgan fingerprint density at radius 1 is 1.08 bits per heavy atom. The minimum absolute atomic E-state index is 0.0258. The SMILES string of the molecule is COc1cccc(/C=C/C(=O)Nc2ccc(OCC(=O)N(C)C)cc2)c1. The van der Waals surface area contributed by atoms with Crippen molar-refractivity contribution in [1.29, 1.82) is 0 Å². The van der Waals surface area contributed by atoms with Crippen LogP contribution in [-0.4, -0.2) is 44.5 Å². The minimum atomic E-state index is -0.246. The van der Waals surface area contributed by atoms with E-state index in [1.165, 1.54) is 11.0 Å². The van der Waals surface area contributed by atoms with Crippen molar-refractivity contribution < 1.29 is 19.1 Å². The maximum atomic E-state index is 12.0. The van der Waals surface area contributed by atoms with Gasteiger partial charge < -0.3 is 19.7 Å². The molecule has 2 aromatic rings. The molecule has 6 heteroatoms. The van der Waals surface area contributed by atoms with Crippen LogP contribution in [0.5, 0.6) is 11.5 Å². The van der Waals surface area contributed by atoms with Crippen molar-refractivity contribution in [2.24, 2.45) is 0 Å². The third-order valence-corrected chi connectivity index (χ3v) is 3.50. The van der Waals surface area contributed by atoms with E-state index in [1.54, 1.807) is 51.5 Å². The van der Waals surface area contributed by atoms with Gasteiger partial charge in [-0.1, -0.05) is 12.1 Å². The topological polar surface area (TPSA) is 67.9 Å². The average molecular weight is 354 g/mol. The van der Waals surface area contributed by atoms with E-state index in [0.717, 1.165) is 11.3 Å². The number of carbonyl (C=O) groups excluding carboxylic acids is 2. The summed E-state index contributed by atoms with van der Waals surface area (Å²) in [6.07, 6.45) is 3.16. The van der Waals surface area contributed by atoms with Crippen LogP contribution >= 0.6 is 0 Å². The van der Waals surface area contributed by atoms with E-state index in [2.05, 4.69) is 5.32 Å². The average Bonchev–Trinajstić information content (AvgIpc) is 2.65. The smallest absolute Gasteiger partial charge is 0.259 e. The van der Waals surface area contributed by atoms with Crippen LogP contribution in [0, 0.1) is 0 Å². The van der Waals surface area contributed by atoms with Gasteiger partial charge in [-0.2, -0.15) is 0 Å². The largest absolute Gasteiger partial charge is 0.497 e. The lowest BCUT2D eigenvalue weighted by Gasteiger charge is -2.11. The molecule has 0 radical (unpaired) electrons. The number of methoxy groups -OCH3 is 1. The molecule has 0 bridgehead atoms. The second-order valence-electron chi connectivity index (χ2n) is 5.70. The summed E-state index contributed by atoms with van der Waals surface area (Å²) in [4.78, 5) is 25.0. The molecule has 136 valence electrons.